The first-order chi connectivity index (χ1) is 7.60. The Bertz CT molecular complexity index is 356. The van der Waals surface area contributed by atoms with Crippen molar-refractivity contribution in [3.8, 4) is 0 Å². The molecule has 0 radical (unpaired) electrons. The minimum atomic E-state index is -0.495. The number of amides is 1. The van der Waals surface area contributed by atoms with Crippen molar-refractivity contribution >= 4 is 24.0 Å². The lowest BCUT2D eigenvalue weighted by Gasteiger charge is -2.23. The molecule has 1 aromatic rings. The minimum absolute atomic E-state index is 0. The van der Waals surface area contributed by atoms with Crippen LogP contribution in [-0.4, -0.2) is 18.5 Å². The molecule has 96 valence electrons. The molecule has 1 rings (SSSR count). The zero-order valence-electron chi connectivity index (χ0n) is 10.0. The third kappa shape index (κ3) is 3.98. The van der Waals surface area contributed by atoms with Gasteiger partial charge in [0.2, 0.25) is 5.91 Å². The maximum atomic E-state index is 12.8. The van der Waals surface area contributed by atoms with Crippen LogP contribution in [0.1, 0.15) is 20.3 Å². The van der Waals surface area contributed by atoms with Crippen LogP contribution in [0.4, 0.5) is 10.1 Å². The van der Waals surface area contributed by atoms with E-state index in [1.165, 1.54) is 12.1 Å². The maximum absolute atomic E-state index is 12.8. The van der Waals surface area contributed by atoms with E-state index in [9.17, 15) is 9.18 Å². The van der Waals surface area contributed by atoms with E-state index in [0.29, 0.717) is 18.7 Å². The van der Waals surface area contributed by atoms with Gasteiger partial charge >= 0.3 is 0 Å². The fraction of sp³-hybridized carbons (Fsp3) is 0.417. The van der Waals surface area contributed by atoms with E-state index in [1.807, 2.05) is 13.8 Å². The van der Waals surface area contributed by atoms with E-state index in [4.69, 9.17) is 5.73 Å². The lowest BCUT2D eigenvalue weighted by molar-refractivity contribution is -0.119. The Labute approximate surface area is 107 Å². The summed E-state index contributed by atoms with van der Waals surface area (Å²) in [5.41, 5.74) is 6.37. The first-order valence-electron chi connectivity index (χ1n) is 5.42. The maximum Gasteiger partial charge on any atom is 0.243 e. The van der Waals surface area contributed by atoms with Crippen molar-refractivity contribution in [3.63, 3.8) is 0 Å². The van der Waals surface area contributed by atoms with E-state index in [-0.39, 0.29) is 24.1 Å². The molecule has 0 bridgehead atoms. The molecule has 0 fully saturated rings. The van der Waals surface area contributed by atoms with Gasteiger partial charge in [-0.05, 0) is 37.6 Å². The predicted molar refractivity (Wildman–Crippen MR) is 69.9 cm³/mol. The summed E-state index contributed by atoms with van der Waals surface area (Å²) in [6.45, 7) is 4.25. The predicted octanol–water partition coefficient (Wildman–Crippen LogP) is 2.34. The highest BCUT2D eigenvalue weighted by Gasteiger charge is 2.19. The van der Waals surface area contributed by atoms with Crippen molar-refractivity contribution in [1.82, 2.24) is 0 Å². The number of carbonyl (C=O) groups is 1. The fourth-order valence-corrected chi connectivity index (χ4v) is 1.46. The molecular weight excluding hydrogens is 243 g/mol. The van der Waals surface area contributed by atoms with Gasteiger partial charge in [0, 0.05) is 12.2 Å². The monoisotopic (exact) mass is 260 g/mol. The average molecular weight is 261 g/mol. The molecule has 0 aliphatic carbocycles. The largest absolute Gasteiger partial charge is 0.320 e. The van der Waals surface area contributed by atoms with Gasteiger partial charge in [-0.1, -0.05) is 6.92 Å². The number of hydrogen-bond donors (Lipinski definition) is 1. The Morgan fingerprint density at radius 1 is 1.35 bits per heavy atom. The molecule has 0 saturated carbocycles. The van der Waals surface area contributed by atoms with Crippen LogP contribution in [-0.2, 0) is 4.79 Å². The van der Waals surface area contributed by atoms with E-state index in [2.05, 4.69) is 0 Å². The summed E-state index contributed by atoms with van der Waals surface area (Å²) in [6.07, 6.45) is 0.594. The highest BCUT2D eigenvalue weighted by Crippen LogP contribution is 2.15. The summed E-state index contributed by atoms with van der Waals surface area (Å²) in [4.78, 5) is 13.5. The van der Waals surface area contributed by atoms with E-state index >= 15 is 0 Å². The lowest BCUT2D eigenvalue weighted by atomic mass is 10.2. The Hall–Kier alpha value is -1.13. The number of benzene rings is 1. The Balaban J connectivity index is 0.00000256. The van der Waals surface area contributed by atoms with Crippen LogP contribution in [0, 0.1) is 5.82 Å². The molecule has 0 saturated heterocycles. The molecule has 17 heavy (non-hydrogen) atoms. The Kier molecular flexibility index (Phi) is 6.76. The molecule has 0 aromatic heterocycles. The first-order valence-corrected chi connectivity index (χ1v) is 5.42. The van der Waals surface area contributed by atoms with Crippen LogP contribution in [0.3, 0.4) is 0 Å². The van der Waals surface area contributed by atoms with Gasteiger partial charge in [-0.2, -0.15) is 0 Å². The SMILES string of the molecule is CC[C@H](N)C(=O)N(CC)c1ccc(F)cc1.Cl. The molecular formula is C12H18ClFN2O. The molecule has 0 heterocycles. The van der Waals surface area contributed by atoms with Crippen molar-refractivity contribution in [2.45, 2.75) is 26.3 Å². The minimum Gasteiger partial charge on any atom is -0.320 e. The number of halogens is 2. The standard InChI is InChI=1S/C12H17FN2O.ClH/c1-3-11(14)12(16)15(4-2)10-7-5-9(13)6-8-10;/h5-8,11H,3-4,14H2,1-2H3;1H/t11-;/m0./s1. The topological polar surface area (TPSA) is 46.3 Å². The molecule has 3 nitrogen and oxygen atoms in total. The summed E-state index contributed by atoms with van der Waals surface area (Å²) in [7, 11) is 0. The van der Waals surface area contributed by atoms with Crippen LogP contribution in [0.5, 0.6) is 0 Å². The number of likely N-dealkylation sites (N-methyl/N-ethyl adjacent to an activating group) is 1. The Morgan fingerprint density at radius 3 is 2.29 bits per heavy atom. The quantitative estimate of drug-likeness (QED) is 0.903. The molecule has 0 spiro atoms. The van der Waals surface area contributed by atoms with E-state index in [1.54, 1.807) is 17.0 Å². The molecule has 0 aliphatic heterocycles. The normalized spacial score (nSPS) is 11.5. The fourth-order valence-electron chi connectivity index (χ4n) is 1.46. The van der Waals surface area contributed by atoms with Gasteiger partial charge in [0.15, 0.2) is 0 Å². The van der Waals surface area contributed by atoms with Gasteiger partial charge in [-0.15, -0.1) is 12.4 Å². The summed E-state index contributed by atoms with van der Waals surface area (Å²) in [5, 5.41) is 0. The van der Waals surface area contributed by atoms with Crippen molar-refractivity contribution < 1.29 is 9.18 Å². The van der Waals surface area contributed by atoms with Gasteiger partial charge < -0.3 is 10.6 Å². The Morgan fingerprint density at radius 2 is 1.88 bits per heavy atom. The number of carbonyl (C=O) groups excluding carboxylic acids is 1. The van der Waals surface area contributed by atoms with Gasteiger partial charge in [-0.25, -0.2) is 4.39 Å². The van der Waals surface area contributed by atoms with Crippen LogP contribution in [0.2, 0.25) is 0 Å². The van der Waals surface area contributed by atoms with E-state index in [0.717, 1.165) is 0 Å². The number of rotatable bonds is 4. The molecule has 2 N–H and O–H groups in total. The summed E-state index contributed by atoms with van der Waals surface area (Å²) < 4.78 is 12.8. The molecule has 1 amide bonds. The van der Waals surface area contributed by atoms with Gasteiger partial charge in [0.25, 0.3) is 0 Å². The number of nitrogens with two attached hydrogens (primary N) is 1. The average Bonchev–Trinajstić information content (AvgIpc) is 2.31. The van der Waals surface area contributed by atoms with Crippen molar-refractivity contribution in [2.75, 3.05) is 11.4 Å². The smallest absolute Gasteiger partial charge is 0.243 e. The van der Waals surface area contributed by atoms with Crippen molar-refractivity contribution in [1.29, 1.82) is 0 Å². The van der Waals surface area contributed by atoms with Crippen LogP contribution in [0.25, 0.3) is 0 Å². The second-order valence-corrected chi connectivity index (χ2v) is 3.57. The zero-order valence-corrected chi connectivity index (χ0v) is 10.8. The van der Waals surface area contributed by atoms with Crippen molar-refractivity contribution in [2.24, 2.45) is 5.73 Å². The number of nitrogens with zero attached hydrogens (tertiary/aromatic N) is 1. The van der Waals surface area contributed by atoms with Crippen molar-refractivity contribution in [3.05, 3.63) is 30.1 Å². The second-order valence-electron chi connectivity index (χ2n) is 3.57. The third-order valence-corrected chi connectivity index (χ3v) is 2.48. The molecule has 5 heteroatoms. The van der Waals surface area contributed by atoms with Gasteiger partial charge in [-0.3, -0.25) is 4.79 Å². The highest BCUT2D eigenvalue weighted by atomic mass is 35.5. The summed E-state index contributed by atoms with van der Waals surface area (Å²) in [5.74, 6) is -0.441. The summed E-state index contributed by atoms with van der Waals surface area (Å²) in [6, 6.07) is 5.34. The van der Waals surface area contributed by atoms with Crippen LogP contribution < -0.4 is 10.6 Å². The number of anilines is 1. The lowest BCUT2D eigenvalue weighted by Crippen LogP contribution is -2.43. The first kappa shape index (κ1) is 15.9. The van der Waals surface area contributed by atoms with Crippen LogP contribution in [0.15, 0.2) is 24.3 Å². The molecule has 1 aromatic carbocycles. The third-order valence-electron chi connectivity index (χ3n) is 2.48. The second kappa shape index (κ2) is 7.25. The molecule has 1 atom stereocenters. The molecule has 0 unspecified atom stereocenters. The van der Waals surface area contributed by atoms with E-state index < -0.39 is 6.04 Å². The van der Waals surface area contributed by atoms with Gasteiger partial charge in [0.05, 0.1) is 6.04 Å². The van der Waals surface area contributed by atoms with Gasteiger partial charge in [0.1, 0.15) is 5.82 Å². The van der Waals surface area contributed by atoms with Crippen LogP contribution >= 0.6 is 12.4 Å². The summed E-state index contributed by atoms with van der Waals surface area (Å²) >= 11 is 0. The molecule has 0 aliphatic rings. The number of hydrogen-bond acceptors (Lipinski definition) is 2. The highest BCUT2D eigenvalue weighted by molar-refractivity contribution is 5.96. The zero-order chi connectivity index (χ0) is 12.1.